The molecule has 0 radical (unpaired) electrons. The third kappa shape index (κ3) is 2.66. The van der Waals surface area contributed by atoms with Crippen molar-refractivity contribution in [1.29, 1.82) is 0 Å². The third-order valence-corrected chi connectivity index (χ3v) is 7.66. The van der Waals surface area contributed by atoms with Crippen molar-refractivity contribution in [1.82, 2.24) is 0 Å². The third-order valence-electron chi connectivity index (χ3n) is 6.81. The summed E-state index contributed by atoms with van der Waals surface area (Å²) in [6, 6.07) is 19.9. The number of Topliss-reactive ketones (excluding diaryl/α,β-unsaturated/α-hetero) is 2. The number of anilines is 1. The molecule has 3 aromatic carbocycles. The average molecular weight is 537 g/mol. The van der Waals surface area contributed by atoms with Gasteiger partial charge in [-0.1, -0.05) is 76.1 Å². The number of rotatable bonds is 2. The molecule has 3 aromatic rings. The summed E-state index contributed by atoms with van der Waals surface area (Å²) < 4.78 is 7.06. The van der Waals surface area contributed by atoms with Gasteiger partial charge >= 0.3 is 0 Å². The largest absolute Gasteiger partial charge is 0.349 e. The monoisotopic (exact) mass is 535 g/mol. The number of ketones is 2. The number of benzene rings is 3. The first-order chi connectivity index (χ1) is 16.4. The molecule has 2 aliphatic heterocycles. The van der Waals surface area contributed by atoms with Crippen molar-refractivity contribution in [2.45, 2.75) is 11.7 Å². The van der Waals surface area contributed by atoms with Crippen molar-refractivity contribution in [3.8, 4) is 0 Å². The van der Waals surface area contributed by atoms with Crippen LogP contribution in [-0.2, 0) is 14.3 Å². The van der Waals surface area contributed by atoms with Gasteiger partial charge in [0.15, 0.2) is 0 Å². The summed E-state index contributed by atoms with van der Waals surface area (Å²) >= 11 is 9.71. The molecular weight excluding hydrogens is 522 g/mol. The number of nitrogens with zero attached hydrogens (tertiary/aromatic N) is 1. The lowest BCUT2D eigenvalue weighted by atomic mass is 9.77. The molecule has 0 saturated carbocycles. The number of hydrogen-bond donors (Lipinski definition) is 0. The first-order valence-corrected chi connectivity index (χ1v) is 11.8. The van der Waals surface area contributed by atoms with Gasteiger partial charge in [0, 0.05) is 15.6 Å². The Morgan fingerprint density at radius 3 is 2.00 bits per heavy atom. The SMILES string of the molecule is O=C1[C@H]2[C@H](c3ccc(Br)cc3)OC3(C(=O)c4ccccc4C3=O)[C@H]2C(=O)N1c1ccccc1Cl. The zero-order valence-corrected chi connectivity index (χ0v) is 19.7. The van der Waals surface area contributed by atoms with Crippen LogP contribution in [0.3, 0.4) is 0 Å². The number of fused-ring (bicyclic) bond motifs is 3. The molecule has 8 heteroatoms. The molecule has 2 saturated heterocycles. The van der Waals surface area contributed by atoms with Crippen molar-refractivity contribution < 1.29 is 23.9 Å². The number of carbonyl (C=O) groups is 4. The van der Waals surface area contributed by atoms with E-state index in [1.807, 2.05) is 0 Å². The van der Waals surface area contributed by atoms with Crippen molar-refractivity contribution >= 4 is 56.6 Å². The number of ether oxygens (including phenoxy) is 1. The van der Waals surface area contributed by atoms with Crippen LogP contribution in [0.15, 0.2) is 77.3 Å². The van der Waals surface area contributed by atoms with Crippen LogP contribution in [0.2, 0.25) is 5.02 Å². The van der Waals surface area contributed by atoms with Gasteiger partial charge in [-0.3, -0.25) is 19.2 Å². The van der Waals surface area contributed by atoms with Crippen LogP contribution in [0, 0.1) is 11.8 Å². The lowest BCUT2D eigenvalue weighted by Gasteiger charge is -2.27. The molecular formula is C26H15BrClNO5. The molecule has 1 aliphatic carbocycles. The second kappa shape index (κ2) is 7.43. The Kier molecular flexibility index (Phi) is 4.68. The normalized spacial score (nSPS) is 24.8. The second-order valence-electron chi connectivity index (χ2n) is 8.50. The molecule has 6 nitrogen and oxygen atoms in total. The summed E-state index contributed by atoms with van der Waals surface area (Å²) in [5.41, 5.74) is -0.907. The van der Waals surface area contributed by atoms with Gasteiger partial charge in [0.1, 0.15) is 0 Å². The Morgan fingerprint density at radius 1 is 0.794 bits per heavy atom. The number of carbonyl (C=O) groups excluding carboxylic acids is 4. The Hall–Kier alpha value is -3.13. The molecule has 168 valence electrons. The van der Waals surface area contributed by atoms with Crippen LogP contribution in [0.25, 0.3) is 0 Å². The summed E-state index contributed by atoms with van der Waals surface area (Å²) in [5.74, 6) is -4.78. The highest BCUT2D eigenvalue weighted by atomic mass is 79.9. The molecule has 0 aromatic heterocycles. The number of hydrogen-bond acceptors (Lipinski definition) is 5. The molecule has 1 spiro atoms. The first kappa shape index (κ1) is 21.4. The lowest BCUT2D eigenvalue weighted by molar-refractivity contribution is -0.127. The van der Waals surface area contributed by atoms with Crippen molar-refractivity contribution in [2.75, 3.05) is 4.90 Å². The average Bonchev–Trinajstić information content (AvgIpc) is 3.40. The van der Waals surface area contributed by atoms with Gasteiger partial charge in [-0.05, 0) is 29.8 Å². The van der Waals surface area contributed by atoms with Crippen LogP contribution >= 0.6 is 27.5 Å². The first-order valence-electron chi connectivity index (χ1n) is 10.6. The van der Waals surface area contributed by atoms with Crippen LogP contribution in [0.5, 0.6) is 0 Å². The van der Waals surface area contributed by atoms with Gasteiger partial charge in [-0.2, -0.15) is 0 Å². The van der Waals surface area contributed by atoms with Crippen molar-refractivity contribution in [3.63, 3.8) is 0 Å². The molecule has 0 N–H and O–H groups in total. The topological polar surface area (TPSA) is 80.8 Å². The molecule has 0 bridgehead atoms. The van der Waals surface area contributed by atoms with Crippen molar-refractivity contribution in [2.24, 2.45) is 11.8 Å². The minimum Gasteiger partial charge on any atom is -0.349 e. The second-order valence-corrected chi connectivity index (χ2v) is 9.82. The van der Waals surface area contributed by atoms with Gasteiger partial charge in [0.2, 0.25) is 29.0 Å². The van der Waals surface area contributed by atoms with E-state index in [2.05, 4.69) is 15.9 Å². The summed E-state index contributed by atoms with van der Waals surface area (Å²) in [4.78, 5) is 56.0. The lowest BCUT2D eigenvalue weighted by Crippen LogP contribution is -2.51. The zero-order valence-electron chi connectivity index (χ0n) is 17.4. The minimum absolute atomic E-state index is 0.194. The number of halogens is 2. The van der Waals surface area contributed by atoms with Crippen molar-refractivity contribution in [3.05, 3.63) is 99.0 Å². The molecule has 2 heterocycles. The van der Waals surface area contributed by atoms with E-state index < -0.39 is 46.9 Å². The highest BCUT2D eigenvalue weighted by Crippen LogP contribution is 2.58. The van der Waals surface area contributed by atoms with Gasteiger partial charge in [0.25, 0.3) is 0 Å². The molecule has 2 fully saturated rings. The highest BCUT2D eigenvalue weighted by molar-refractivity contribution is 9.10. The van der Waals surface area contributed by atoms with Crippen LogP contribution in [-0.4, -0.2) is 29.0 Å². The summed E-state index contributed by atoms with van der Waals surface area (Å²) in [7, 11) is 0. The minimum atomic E-state index is -2.10. The Bertz CT molecular complexity index is 1380. The molecule has 3 atom stereocenters. The predicted molar refractivity (Wildman–Crippen MR) is 127 cm³/mol. The van der Waals surface area contributed by atoms with E-state index in [9.17, 15) is 19.2 Å². The van der Waals surface area contributed by atoms with E-state index in [-0.39, 0.29) is 21.8 Å². The standard InChI is InChI=1S/C26H15BrClNO5/c27-14-11-9-13(10-12-14)21-19-20(25(33)29(24(19)32)18-8-4-3-7-17(18)28)26(34-21)22(30)15-5-1-2-6-16(15)23(26)31/h1-12,19-21H/t19-,20-,21+/m1/s1. The molecule has 6 rings (SSSR count). The van der Waals surface area contributed by atoms with Crippen LogP contribution in [0.4, 0.5) is 5.69 Å². The Balaban J connectivity index is 1.56. The van der Waals surface area contributed by atoms with Gasteiger partial charge in [-0.25, -0.2) is 4.90 Å². The zero-order chi connectivity index (χ0) is 23.8. The molecule has 0 unspecified atom stereocenters. The fourth-order valence-corrected chi connectivity index (χ4v) is 5.83. The quantitative estimate of drug-likeness (QED) is 0.347. The summed E-state index contributed by atoms with van der Waals surface area (Å²) in [6.07, 6.45) is -0.968. The maximum absolute atomic E-state index is 13.8. The van der Waals surface area contributed by atoms with Gasteiger partial charge < -0.3 is 4.74 Å². The van der Waals surface area contributed by atoms with E-state index in [4.69, 9.17) is 16.3 Å². The number of imide groups is 1. The van der Waals surface area contributed by atoms with E-state index >= 15 is 0 Å². The van der Waals surface area contributed by atoms with E-state index in [1.165, 1.54) is 0 Å². The maximum atomic E-state index is 13.8. The van der Waals surface area contributed by atoms with E-state index in [1.54, 1.807) is 72.8 Å². The molecule has 2 amide bonds. The molecule has 3 aliphatic rings. The van der Waals surface area contributed by atoms with E-state index in [0.717, 1.165) is 9.37 Å². The maximum Gasteiger partial charge on any atom is 0.241 e. The summed E-state index contributed by atoms with van der Waals surface area (Å²) in [6.45, 7) is 0. The Labute approximate surface area is 207 Å². The van der Waals surface area contributed by atoms with Crippen LogP contribution in [0.1, 0.15) is 32.4 Å². The van der Waals surface area contributed by atoms with Gasteiger partial charge in [0.05, 0.1) is 28.6 Å². The van der Waals surface area contributed by atoms with Crippen LogP contribution < -0.4 is 4.90 Å². The fraction of sp³-hybridized carbons (Fsp3) is 0.154. The number of para-hydroxylation sites is 1. The highest BCUT2D eigenvalue weighted by Gasteiger charge is 2.74. The number of amides is 2. The van der Waals surface area contributed by atoms with E-state index in [0.29, 0.717) is 5.56 Å². The smallest absolute Gasteiger partial charge is 0.241 e. The Morgan fingerprint density at radius 2 is 1.38 bits per heavy atom. The summed E-state index contributed by atoms with van der Waals surface area (Å²) in [5, 5.41) is 0.215. The van der Waals surface area contributed by atoms with Gasteiger partial charge in [-0.15, -0.1) is 0 Å². The fourth-order valence-electron chi connectivity index (χ4n) is 5.34. The molecule has 34 heavy (non-hydrogen) atoms. The predicted octanol–water partition coefficient (Wildman–Crippen LogP) is 4.80.